The normalized spacial score (nSPS) is 14.0. The molecule has 2 aromatic heterocycles. The maximum Gasteiger partial charge on any atom is 0.289 e. The van der Waals surface area contributed by atoms with Crippen molar-refractivity contribution in [2.75, 3.05) is 26.2 Å². The van der Waals surface area contributed by atoms with Gasteiger partial charge in [0.15, 0.2) is 5.76 Å². The molecule has 1 fully saturated rings. The lowest BCUT2D eigenvalue weighted by molar-refractivity contribution is -0.132. The van der Waals surface area contributed by atoms with Gasteiger partial charge in [0, 0.05) is 56.2 Å². The largest absolute Gasteiger partial charge is 0.459 e. The molecule has 35 heavy (non-hydrogen) atoms. The number of aromatic nitrogens is 1. The van der Waals surface area contributed by atoms with E-state index in [9.17, 15) is 9.59 Å². The number of carbonyl (C=O) groups excluding carboxylic acids is 2. The van der Waals surface area contributed by atoms with Crippen LogP contribution in [0.4, 0.5) is 0 Å². The minimum Gasteiger partial charge on any atom is -0.459 e. The van der Waals surface area contributed by atoms with Crippen LogP contribution in [0.2, 0.25) is 0 Å². The van der Waals surface area contributed by atoms with Gasteiger partial charge in [0.1, 0.15) is 0 Å². The number of furan rings is 1. The van der Waals surface area contributed by atoms with Crippen molar-refractivity contribution in [3.63, 3.8) is 0 Å². The zero-order valence-electron chi connectivity index (χ0n) is 20.2. The van der Waals surface area contributed by atoms with Crippen molar-refractivity contribution in [1.82, 2.24) is 14.4 Å². The monoisotopic (exact) mass is 469 g/mol. The standard InChI is InChI=1S/C29H31N3O3/c1-22-8-2-3-9-23(22)20-32-21-24(25-11-4-5-12-26(25)32)10-6-14-28(33)30-15-17-31(18-16-30)29(34)27-13-7-19-35-27/h2-5,7-9,11-13,19,21H,6,10,14-18,20H2,1H3. The first-order valence-electron chi connectivity index (χ1n) is 12.3. The van der Waals surface area contributed by atoms with Crippen molar-refractivity contribution in [3.8, 4) is 0 Å². The molecule has 1 saturated heterocycles. The van der Waals surface area contributed by atoms with Gasteiger partial charge >= 0.3 is 0 Å². The van der Waals surface area contributed by atoms with Crippen LogP contribution < -0.4 is 0 Å². The van der Waals surface area contributed by atoms with Crippen LogP contribution >= 0.6 is 0 Å². The Balaban J connectivity index is 1.17. The molecule has 180 valence electrons. The second-order valence-electron chi connectivity index (χ2n) is 9.23. The molecule has 2 amide bonds. The summed E-state index contributed by atoms with van der Waals surface area (Å²) in [6.45, 7) is 5.21. The molecule has 0 N–H and O–H groups in total. The number of piperazine rings is 1. The van der Waals surface area contributed by atoms with Crippen LogP contribution in [-0.4, -0.2) is 52.4 Å². The summed E-state index contributed by atoms with van der Waals surface area (Å²) in [5.41, 5.74) is 5.13. The van der Waals surface area contributed by atoms with Crippen LogP contribution in [0.1, 0.15) is 40.1 Å². The van der Waals surface area contributed by atoms with Gasteiger partial charge in [-0.2, -0.15) is 0 Å². The van der Waals surface area contributed by atoms with Crippen LogP contribution in [-0.2, 0) is 17.8 Å². The number of aryl methyl sites for hydroxylation is 2. The van der Waals surface area contributed by atoms with E-state index in [1.54, 1.807) is 17.0 Å². The first-order chi connectivity index (χ1) is 17.1. The lowest BCUT2D eigenvalue weighted by Gasteiger charge is -2.34. The molecule has 6 nitrogen and oxygen atoms in total. The van der Waals surface area contributed by atoms with Gasteiger partial charge in [0.25, 0.3) is 5.91 Å². The molecule has 5 rings (SSSR count). The summed E-state index contributed by atoms with van der Waals surface area (Å²) >= 11 is 0. The molecule has 3 heterocycles. The van der Waals surface area contributed by atoms with Gasteiger partial charge in [-0.15, -0.1) is 0 Å². The van der Waals surface area contributed by atoms with Gasteiger partial charge in [0.05, 0.1) is 6.26 Å². The quantitative estimate of drug-likeness (QED) is 0.387. The van der Waals surface area contributed by atoms with Crippen LogP contribution in [0.5, 0.6) is 0 Å². The fraction of sp³-hybridized carbons (Fsp3) is 0.310. The Kier molecular flexibility index (Phi) is 6.70. The van der Waals surface area contributed by atoms with Gasteiger partial charge in [-0.1, -0.05) is 42.5 Å². The van der Waals surface area contributed by atoms with Gasteiger partial charge in [-0.05, 0) is 54.7 Å². The summed E-state index contributed by atoms with van der Waals surface area (Å²) in [5, 5.41) is 1.26. The van der Waals surface area contributed by atoms with Gasteiger partial charge in [0.2, 0.25) is 5.91 Å². The van der Waals surface area contributed by atoms with Crippen molar-refractivity contribution in [2.45, 2.75) is 32.7 Å². The first kappa shape index (κ1) is 23.0. The summed E-state index contributed by atoms with van der Waals surface area (Å²) in [7, 11) is 0. The summed E-state index contributed by atoms with van der Waals surface area (Å²) in [6.07, 6.45) is 5.95. The van der Waals surface area contributed by atoms with Crippen molar-refractivity contribution in [1.29, 1.82) is 0 Å². The number of hydrogen-bond acceptors (Lipinski definition) is 3. The van der Waals surface area contributed by atoms with Crippen LogP contribution in [0, 0.1) is 6.92 Å². The average Bonchev–Trinajstić information content (AvgIpc) is 3.54. The van der Waals surface area contributed by atoms with E-state index < -0.39 is 0 Å². The van der Waals surface area contributed by atoms with Crippen LogP contribution in [0.25, 0.3) is 10.9 Å². The molecule has 0 aliphatic carbocycles. The molecule has 1 aliphatic heterocycles. The third-order valence-corrected chi connectivity index (χ3v) is 6.96. The Bertz CT molecular complexity index is 1310. The van der Waals surface area contributed by atoms with E-state index >= 15 is 0 Å². The van der Waals surface area contributed by atoms with Gasteiger partial charge in [-0.25, -0.2) is 0 Å². The molecule has 0 saturated carbocycles. The Morgan fingerprint density at radius 2 is 1.60 bits per heavy atom. The molecule has 4 aromatic rings. The minimum atomic E-state index is -0.107. The summed E-state index contributed by atoms with van der Waals surface area (Å²) in [4.78, 5) is 28.9. The molecule has 0 atom stereocenters. The zero-order chi connectivity index (χ0) is 24.2. The number of hydrogen-bond donors (Lipinski definition) is 0. The highest BCUT2D eigenvalue weighted by atomic mass is 16.3. The average molecular weight is 470 g/mol. The van der Waals surface area contributed by atoms with Gasteiger partial charge < -0.3 is 18.8 Å². The number of amides is 2. The van der Waals surface area contributed by atoms with E-state index in [-0.39, 0.29) is 11.8 Å². The smallest absolute Gasteiger partial charge is 0.289 e. The van der Waals surface area contributed by atoms with Crippen molar-refractivity contribution in [2.24, 2.45) is 0 Å². The molecule has 6 heteroatoms. The van der Waals surface area contributed by atoms with Crippen LogP contribution in [0.3, 0.4) is 0 Å². The van der Waals surface area contributed by atoms with E-state index in [1.165, 1.54) is 33.9 Å². The summed E-state index contributed by atoms with van der Waals surface area (Å²) in [6, 6.07) is 20.4. The van der Waals surface area contributed by atoms with E-state index in [4.69, 9.17) is 4.42 Å². The predicted molar refractivity (Wildman–Crippen MR) is 136 cm³/mol. The predicted octanol–water partition coefficient (Wildman–Crippen LogP) is 4.90. The molecule has 0 spiro atoms. The summed E-state index contributed by atoms with van der Waals surface area (Å²) in [5.74, 6) is 0.411. The Morgan fingerprint density at radius 3 is 2.37 bits per heavy atom. The topological polar surface area (TPSA) is 58.7 Å². The Labute approximate surface area is 205 Å². The Morgan fingerprint density at radius 1 is 0.857 bits per heavy atom. The first-order valence-corrected chi connectivity index (χ1v) is 12.3. The second-order valence-corrected chi connectivity index (χ2v) is 9.23. The van der Waals surface area contributed by atoms with E-state index in [0.29, 0.717) is 38.4 Å². The second kappa shape index (κ2) is 10.2. The summed E-state index contributed by atoms with van der Waals surface area (Å²) < 4.78 is 7.54. The number of para-hydroxylation sites is 1. The molecule has 0 radical (unpaired) electrons. The highest BCUT2D eigenvalue weighted by Crippen LogP contribution is 2.25. The third-order valence-electron chi connectivity index (χ3n) is 6.96. The lowest BCUT2D eigenvalue weighted by Crippen LogP contribution is -2.50. The van der Waals surface area contributed by atoms with Crippen LogP contribution in [0.15, 0.2) is 77.5 Å². The fourth-order valence-corrected chi connectivity index (χ4v) is 4.93. The molecule has 0 unspecified atom stereocenters. The number of nitrogens with zero attached hydrogens (tertiary/aromatic N) is 3. The van der Waals surface area contributed by atoms with Gasteiger partial charge in [-0.3, -0.25) is 9.59 Å². The maximum absolute atomic E-state index is 12.8. The third kappa shape index (κ3) is 5.02. The molecule has 0 bridgehead atoms. The number of fused-ring (bicyclic) bond motifs is 1. The molecule has 1 aliphatic rings. The van der Waals surface area contributed by atoms with E-state index in [0.717, 1.165) is 19.4 Å². The highest BCUT2D eigenvalue weighted by Gasteiger charge is 2.25. The lowest BCUT2D eigenvalue weighted by atomic mass is 10.1. The van der Waals surface area contributed by atoms with Crippen molar-refractivity contribution < 1.29 is 14.0 Å². The van der Waals surface area contributed by atoms with E-state index in [1.807, 2.05) is 4.90 Å². The minimum absolute atomic E-state index is 0.107. The number of benzene rings is 2. The SMILES string of the molecule is Cc1ccccc1Cn1cc(CCCC(=O)N2CCN(C(=O)c3ccco3)CC2)c2ccccc21. The van der Waals surface area contributed by atoms with Crippen molar-refractivity contribution in [3.05, 3.63) is 95.6 Å². The highest BCUT2D eigenvalue weighted by molar-refractivity contribution is 5.91. The maximum atomic E-state index is 12.8. The van der Waals surface area contributed by atoms with E-state index in [2.05, 4.69) is 66.2 Å². The molecular weight excluding hydrogens is 438 g/mol. The number of rotatable bonds is 7. The Hall–Kier alpha value is -3.80. The molecule has 2 aromatic carbocycles. The fourth-order valence-electron chi connectivity index (χ4n) is 4.93. The molecular formula is C29H31N3O3. The number of carbonyl (C=O) groups is 2. The zero-order valence-corrected chi connectivity index (χ0v) is 20.2. The van der Waals surface area contributed by atoms with Crippen molar-refractivity contribution >= 4 is 22.7 Å².